The van der Waals surface area contributed by atoms with Crippen LogP contribution in [0.5, 0.6) is 5.75 Å². The quantitative estimate of drug-likeness (QED) is 0.878. The fourth-order valence-corrected chi connectivity index (χ4v) is 1.94. The number of rotatable bonds is 4. The molecule has 3 heteroatoms. The highest BCUT2D eigenvalue weighted by Crippen LogP contribution is 2.30. The van der Waals surface area contributed by atoms with Crippen molar-refractivity contribution >= 4 is 0 Å². The number of furan rings is 1. The summed E-state index contributed by atoms with van der Waals surface area (Å²) in [4.78, 5) is 0. The number of hydrogen-bond acceptors (Lipinski definition) is 3. The third-order valence-corrected chi connectivity index (χ3v) is 2.81. The molecule has 17 heavy (non-hydrogen) atoms. The summed E-state index contributed by atoms with van der Waals surface area (Å²) in [5.41, 5.74) is 3.51. The molecule has 0 amide bonds. The SMILES string of the molecule is CNCc1occc1-c1ccc(OC)cc1C. The predicted molar refractivity (Wildman–Crippen MR) is 68.2 cm³/mol. The smallest absolute Gasteiger partial charge is 0.125 e. The first-order valence-corrected chi connectivity index (χ1v) is 5.62. The van der Waals surface area contributed by atoms with Crippen LogP contribution in [0.25, 0.3) is 11.1 Å². The Kier molecular flexibility index (Phi) is 3.49. The molecular weight excluding hydrogens is 214 g/mol. The van der Waals surface area contributed by atoms with Crippen LogP contribution in [0.15, 0.2) is 34.9 Å². The molecule has 0 atom stereocenters. The van der Waals surface area contributed by atoms with E-state index in [1.807, 2.05) is 25.2 Å². The molecule has 0 unspecified atom stereocenters. The molecule has 0 aliphatic carbocycles. The van der Waals surface area contributed by atoms with Crippen molar-refractivity contribution in [1.29, 1.82) is 0 Å². The zero-order valence-electron chi connectivity index (χ0n) is 10.4. The summed E-state index contributed by atoms with van der Waals surface area (Å²) in [6.07, 6.45) is 1.73. The second-order valence-electron chi connectivity index (χ2n) is 3.97. The van der Waals surface area contributed by atoms with Crippen LogP contribution < -0.4 is 10.1 Å². The molecule has 1 N–H and O–H groups in total. The van der Waals surface area contributed by atoms with E-state index in [0.717, 1.165) is 23.6 Å². The van der Waals surface area contributed by atoms with E-state index in [0.29, 0.717) is 0 Å². The highest BCUT2D eigenvalue weighted by atomic mass is 16.5. The van der Waals surface area contributed by atoms with Crippen molar-refractivity contribution in [2.24, 2.45) is 0 Å². The molecule has 0 spiro atoms. The number of benzene rings is 1. The van der Waals surface area contributed by atoms with Crippen molar-refractivity contribution < 1.29 is 9.15 Å². The minimum atomic E-state index is 0.730. The van der Waals surface area contributed by atoms with Gasteiger partial charge in [-0.1, -0.05) is 6.07 Å². The third-order valence-electron chi connectivity index (χ3n) is 2.81. The molecule has 0 saturated heterocycles. The molecule has 1 aromatic heterocycles. The van der Waals surface area contributed by atoms with Crippen molar-refractivity contribution in [3.63, 3.8) is 0 Å². The molecule has 0 fully saturated rings. The van der Waals surface area contributed by atoms with Crippen LogP contribution in [-0.2, 0) is 6.54 Å². The summed E-state index contributed by atoms with van der Waals surface area (Å²) < 4.78 is 10.7. The van der Waals surface area contributed by atoms with E-state index < -0.39 is 0 Å². The van der Waals surface area contributed by atoms with Gasteiger partial charge in [-0.2, -0.15) is 0 Å². The van der Waals surface area contributed by atoms with Crippen molar-refractivity contribution in [2.45, 2.75) is 13.5 Å². The van der Waals surface area contributed by atoms with Gasteiger partial charge in [-0.25, -0.2) is 0 Å². The van der Waals surface area contributed by atoms with E-state index >= 15 is 0 Å². The summed E-state index contributed by atoms with van der Waals surface area (Å²) in [5, 5.41) is 3.10. The number of aryl methyl sites for hydroxylation is 1. The van der Waals surface area contributed by atoms with Gasteiger partial charge in [-0.15, -0.1) is 0 Å². The van der Waals surface area contributed by atoms with Gasteiger partial charge in [0, 0.05) is 5.56 Å². The van der Waals surface area contributed by atoms with Crippen molar-refractivity contribution in [1.82, 2.24) is 5.32 Å². The molecule has 2 rings (SSSR count). The Morgan fingerprint density at radius 1 is 1.24 bits per heavy atom. The normalized spacial score (nSPS) is 10.5. The minimum absolute atomic E-state index is 0.730. The first-order valence-electron chi connectivity index (χ1n) is 5.62. The molecule has 3 nitrogen and oxygen atoms in total. The topological polar surface area (TPSA) is 34.4 Å². The van der Waals surface area contributed by atoms with Gasteiger partial charge in [0.2, 0.25) is 0 Å². The summed E-state index contributed by atoms with van der Waals surface area (Å²) in [6, 6.07) is 8.07. The molecule has 2 aromatic rings. The lowest BCUT2D eigenvalue weighted by Gasteiger charge is -2.08. The van der Waals surface area contributed by atoms with Gasteiger partial charge in [0.1, 0.15) is 11.5 Å². The van der Waals surface area contributed by atoms with E-state index in [9.17, 15) is 0 Å². The van der Waals surface area contributed by atoms with Gasteiger partial charge in [0.05, 0.1) is 19.9 Å². The van der Waals surface area contributed by atoms with Crippen LogP contribution in [-0.4, -0.2) is 14.2 Å². The molecular formula is C14H17NO2. The Balaban J connectivity index is 2.42. The summed E-state index contributed by atoms with van der Waals surface area (Å²) in [5.74, 6) is 1.84. The van der Waals surface area contributed by atoms with E-state index in [1.165, 1.54) is 11.1 Å². The molecule has 0 radical (unpaired) electrons. The van der Waals surface area contributed by atoms with Crippen LogP contribution in [0.2, 0.25) is 0 Å². The fraction of sp³-hybridized carbons (Fsp3) is 0.286. The van der Waals surface area contributed by atoms with E-state index in [-0.39, 0.29) is 0 Å². The Labute approximate surface area is 101 Å². The minimum Gasteiger partial charge on any atom is -0.497 e. The monoisotopic (exact) mass is 231 g/mol. The molecule has 0 bridgehead atoms. The summed E-state index contributed by atoms with van der Waals surface area (Å²) in [7, 11) is 3.59. The number of hydrogen-bond donors (Lipinski definition) is 1. The Morgan fingerprint density at radius 3 is 2.71 bits per heavy atom. The Hall–Kier alpha value is -1.74. The van der Waals surface area contributed by atoms with Crippen molar-refractivity contribution in [3.8, 4) is 16.9 Å². The Bertz CT molecular complexity index is 503. The average molecular weight is 231 g/mol. The average Bonchev–Trinajstić information content (AvgIpc) is 2.77. The van der Waals surface area contributed by atoms with Gasteiger partial charge in [-0.05, 0) is 43.3 Å². The first-order chi connectivity index (χ1) is 8.26. The zero-order chi connectivity index (χ0) is 12.3. The van der Waals surface area contributed by atoms with Crippen LogP contribution in [0.3, 0.4) is 0 Å². The second-order valence-corrected chi connectivity index (χ2v) is 3.97. The maximum Gasteiger partial charge on any atom is 0.125 e. The number of methoxy groups -OCH3 is 1. The van der Waals surface area contributed by atoms with E-state index in [4.69, 9.17) is 9.15 Å². The van der Waals surface area contributed by atoms with Gasteiger partial charge in [0.25, 0.3) is 0 Å². The molecule has 90 valence electrons. The first kappa shape index (κ1) is 11.7. The third kappa shape index (κ3) is 2.34. The molecule has 1 heterocycles. The zero-order valence-corrected chi connectivity index (χ0v) is 10.4. The lowest BCUT2D eigenvalue weighted by atomic mass is 10.0. The van der Waals surface area contributed by atoms with Gasteiger partial charge >= 0.3 is 0 Å². The molecule has 0 aliphatic rings. The number of nitrogens with one attached hydrogen (secondary N) is 1. The molecule has 1 aromatic carbocycles. The highest BCUT2D eigenvalue weighted by Gasteiger charge is 2.10. The van der Waals surface area contributed by atoms with Crippen molar-refractivity contribution in [2.75, 3.05) is 14.2 Å². The maximum atomic E-state index is 5.48. The van der Waals surface area contributed by atoms with Gasteiger partial charge in [-0.3, -0.25) is 0 Å². The van der Waals surface area contributed by atoms with Crippen LogP contribution in [0, 0.1) is 6.92 Å². The predicted octanol–water partition coefficient (Wildman–Crippen LogP) is 2.98. The van der Waals surface area contributed by atoms with E-state index in [2.05, 4.69) is 18.3 Å². The van der Waals surface area contributed by atoms with Crippen LogP contribution in [0.1, 0.15) is 11.3 Å². The molecule has 0 saturated carbocycles. The largest absolute Gasteiger partial charge is 0.497 e. The maximum absolute atomic E-state index is 5.48. The highest BCUT2D eigenvalue weighted by molar-refractivity contribution is 5.69. The number of ether oxygens (including phenoxy) is 1. The lowest BCUT2D eigenvalue weighted by Crippen LogP contribution is -2.05. The second kappa shape index (κ2) is 5.06. The lowest BCUT2D eigenvalue weighted by molar-refractivity contribution is 0.414. The standard InChI is InChI=1S/C14H17NO2/c1-10-8-11(16-3)4-5-12(10)13-6-7-17-14(13)9-15-2/h4-8,15H,9H2,1-3H3. The van der Waals surface area contributed by atoms with E-state index in [1.54, 1.807) is 13.4 Å². The summed E-state index contributed by atoms with van der Waals surface area (Å²) >= 11 is 0. The van der Waals surface area contributed by atoms with Crippen molar-refractivity contribution in [3.05, 3.63) is 41.9 Å². The van der Waals surface area contributed by atoms with Gasteiger partial charge < -0.3 is 14.5 Å². The molecule has 0 aliphatic heterocycles. The summed E-state index contributed by atoms with van der Waals surface area (Å²) in [6.45, 7) is 2.81. The Morgan fingerprint density at radius 2 is 2.06 bits per heavy atom. The van der Waals surface area contributed by atoms with Crippen LogP contribution >= 0.6 is 0 Å². The fourth-order valence-electron chi connectivity index (χ4n) is 1.94. The van der Waals surface area contributed by atoms with Gasteiger partial charge in [0.15, 0.2) is 0 Å². The van der Waals surface area contributed by atoms with Crippen LogP contribution in [0.4, 0.5) is 0 Å².